The molecule has 106 valence electrons. The van der Waals surface area contributed by atoms with Crippen molar-refractivity contribution in [1.82, 2.24) is 0 Å². The van der Waals surface area contributed by atoms with Crippen LogP contribution in [-0.4, -0.2) is 0 Å². The smallest absolute Gasteiger partial charge is 0.00760 e. The molecule has 19 heavy (non-hydrogen) atoms. The Labute approximate surface area is 119 Å². The van der Waals surface area contributed by atoms with Gasteiger partial charge in [0.05, 0.1) is 0 Å². The van der Waals surface area contributed by atoms with E-state index in [9.17, 15) is 0 Å². The highest BCUT2D eigenvalue weighted by Crippen LogP contribution is 2.72. The predicted octanol–water partition coefficient (Wildman–Crippen LogP) is 5.59. The maximum absolute atomic E-state index is 2.73. The van der Waals surface area contributed by atoms with E-state index in [2.05, 4.69) is 33.8 Å². The van der Waals surface area contributed by atoms with Crippen LogP contribution >= 0.6 is 0 Å². The van der Waals surface area contributed by atoms with Crippen LogP contribution in [-0.2, 0) is 0 Å². The van der Waals surface area contributed by atoms with Gasteiger partial charge in [0, 0.05) is 0 Å². The van der Waals surface area contributed by atoms with Gasteiger partial charge in [0.15, 0.2) is 0 Å². The molecule has 0 heterocycles. The van der Waals surface area contributed by atoms with Crippen LogP contribution in [0, 0.1) is 34.0 Å². The van der Waals surface area contributed by atoms with Crippen molar-refractivity contribution in [3.05, 3.63) is 11.6 Å². The van der Waals surface area contributed by atoms with Crippen molar-refractivity contribution in [3.63, 3.8) is 0 Å². The van der Waals surface area contributed by atoms with Crippen molar-refractivity contribution >= 4 is 0 Å². The lowest BCUT2D eigenvalue weighted by atomic mass is 9.43. The van der Waals surface area contributed by atoms with E-state index in [1.807, 2.05) is 0 Å². The van der Waals surface area contributed by atoms with E-state index in [0.717, 1.165) is 17.8 Å². The average molecular weight is 258 g/mol. The fourth-order valence-corrected chi connectivity index (χ4v) is 7.27. The molecule has 0 amide bonds. The molecule has 0 saturated heterocycles. The summed E-state index contributed by atoms with van der Waals surface area (Å²) in [5.74, 6) is 2.94. The first kappa shape index (κ1) is 12.5. The van der Waals surface area contributed by atoms with Gasteiger partial charge >= 0.3 is 0 Å². The minimum Gasteiger partial charge on any atom is -0.0788 e. The zero-order chi connectivity index (χ0) is 13.5. The van der Waals surface area contributed by atoms with Crippen molar-refractivity contribution in [1.29, 1.82) is 0 Å². The van der Waals surface area contributed by atoms with Crippen molar-refractivity contribution < 1.29 is 0 Å². The SMILES string of the molecule is CC1=CC23CCC4C(C)(C)CCCC4(C)C2CC1C3. The number of hydrogen-bond donors (Lipinski definition) is 0. The fourth-order valence-electron chi connectivity index (χ4n) is 7.27. The molecular weight excluding hydrogens is 228 g/mol. The lowest BCUT2D eigenvalue weighted by molar-refractivity contribution is -0.108. The van der Waals surface area contributed by atoms with E-state index in [1.165, 1.54) is 44.9 Å². The highest BCUT2D eigenvalue weighted by molar-refractivity contribution is 5.29. The Morgan fingerprint density at radius 2 is 1.84 bits per heavy atom. The monoisotopic (exact) mass is 258 g/mol. The van der Waals surface area contributed by atoms with Gasteiger partial charge in [-0.1, -0.05) is 38.8 Å². The summed E-state index contributed by atoms with van der Waals surface area (Å²) in [6, 6.07) is 0. The van der Waals surface area contributed by atoms with Gasteiger partial charge in [-0.15, -0.1) is 0 Å². The van der Waals surface area contributed by atoms with Crippen LogP contribution < -0.4 is 0 Å². The first-order chi connectivity index (χ1) is 8.87. The molecule has 0 radical (unpaired) electrons. The van der Waals surface area contributed by atoms with Gasteiger partial charge in [-0.25, -0.2) is 0 Å². The maximum Gasteiger partial charge on any atom is -0.00760 e. The number of fused-ring (bicyclic) bond motifs is 3. The number of hydrogen-bond acceptors (Lipinski definition) is 0. The molecule has 3 fully saturated rings. The van der Waals surface area contributed by atoms with Gasteiger partial charge in [0.1, 0.15) is 0 Å². The van der Waals surface area contributed by atoms with Crippen LogP contribution in [0.25, 0.3) is 0 Å². The minimum atomic E-state index is 0.592. The van der Waals surface area contributed by atoms with Gasteiger partial charge in [0.25, 0.3) is 0 Å². The molecule has 0 aliphatic heterocycles. The quantitative estimate of drug-likeness (QED) is 0.497. The van der Waals surface area contributed by atoms with Gasteiger partial charge < -0.3 is 0 Å². The topological polar surface area (TPSA) is 0 Å². The third-order valence-corrected chi connectivity index (χ3v) is 7.97. The molecule has 0 N–H and O–H groups in total. The molecule has 5 unspecified atom stereocenters. The summed E-state index contributed by atoms with van der Waals surface area (Å²) in [6.45, 7) is 10.2. The molecule has 2 bridgehead atoms. The molecule has 1 spiro atoms. The van der Waals surface area contributed by atoms with Crippen LogP contribution in [0.1, 0.15) is 72.6 Å². The summed E-state index contributed by atoms with van der Waals surface area (Å²) in [5.41, 5.74) is 3.60. The summed E-state index contributed by atoms with van der Waals surface area (Å²) in [5, 5.41) is 0. The first-order valence-corrected chi connectivity index (χ1v) is 8.57. The maximum atomic E-state index is 2.73. The van der Waals surface area contributed by atoms with Crippen molar-refractivity contribution in [2.75, 3.05) is 0 Å². The second-order valence-corrected chi connectivity index (χ2v) is 9.25. The summed E-state index contributed by atoms with van der Waals surface area (Å²) >= 11 is 0. The van der Waals surface area contributed by atoms with Crippen LogP contribution in [0.5, 0.6) is 0 Å². The summed E-state index contributed by atoms with van der Waals surface area (Å²) in [6.07, 6.45) is 13.2. The zero-order valence-electron chi connectivity index (χ0n) is 13.3. The van der Waals surface area contributed by atoms with Gasteiger partial charge in [-0.05, 0) is 79.4 Å². The average Bonchev–Trinajstić information content (AvgIpc) is 2.81. The van der Waals surface area contributed by atoms with E-state index >= 15 is 0 Å². The second-order valence-electron chi connectivity index (χ2n) is 9.25. The Balaban J connectivity index is 1.76. The van der Waals surface area contributed by atoms with E-state index in [4.69, 9.17) is 0 Å². The molecule has 0 aromatic carbocycles. The van der Waals surface area contributed by atoms with E-state index in [-0.39, 0.29) is 0 Å². The van der Waals surface area contributed by atoms with Crippen molar-refractivity contribution in [2.45, 2.75) is 72.6 Å². The lowest BCUT2D eigenvalue weighted by Gasteiger charge is -2.61. The highest BCUT2D eigenvalue weighted by Gasteiger charge is 2.63. The fraction of sp³-hybridized carbons (Fsp3) is 0.895. The summed E-state index contributed by atoms with van der Waals surface area (Å²) < 4.78 is 0. The Bertz CT molecular complexity index is 443. The Hall–Kier alpha value is -0.260. The highest BCUT2D eigenvalue weighted by atomic mass is 14.7. The van der Waals surface area contributed by atoms with Crippen molar-refractivity contribution in [3.8, 4) is 0 Å². The zero-order valence-corrected chi connectivity index (χ0v) is 13.3. The largest absolute Gasteiger partial charge is 0.0788 e. The summed E-state index contributed by atoms with van der Waals surface area (Å²) in [7, 11) is 0. The molecule has 4 aliphatic rings. The third kappa shape index (κ3) is 1.41. The molecule has 0 aromatic heterocycles. The van der Waals surface area contributed by atoms with Gasteiger partial charge in [-0.2, -0.15) is 0 Å². The first-order valence-electron chi connectivity index (χ1n) is 8.57. The van der Waals surface area contributed by atoms with Crippen molar-refractivity contribution in [2.24, 2.45) is 34.0 Å². The number of rotatable bonds is 0. The standard InChI is InChI=1S/C19H30/c1-13-11-19-9-6-15-17(2,3)7-5-8-18(15,4)16(19)10-14(13)12-19/h11,14-16H,5-10,12H2,1-4H3. The minimum absolute atomic E-state index is 0.592. The van der Waals surface area contributed by atoms with Crippen LogP contribution in [0.3, 0.4) is 0 Å². The molecular formula is C19H30. The number of allylic oxidation sites excluding steroid dienone is 2. The van der Waals surface area contributed by atoms with E-state index < -0.39 is 0 Å². The van der Waals surface area contributed by atoms with Crippen LogP contribution in [0.15, 0.2) is 11.6 Å². The molecule has 0 nitrogen and oxygen atoms in total. The molecule has 0 heteroatoms. The van der Waals surface area contributed by atoms with E-state index in [0.29, 0.717) is 16.2 Å². The van der Waals surface area contributed by atoms with Crippen LogP contribution in [0.2, 0.25) is 0 Å². The molecule has 4 aliphatic carbocycles. The molecule has 3 saturated carbocycles. The second kappa shape index (κ2) is 3.49. The normalized spacial score (nSPS) is 54.5. The lowest BCUT2D eigenvalue weighted by Crippen LogP contribution is -2.53. The Kier molecular flexibility index (Phi) is 2.29. The summed E-state index contributed by atoms with van der Waals surface area (Å²) in [4.78, 5) is 0. The molecule has 5 atom stereocenters. The molecule has 4 rings (SSSR count). The third-order valence-electron chi connectivity index (χ3n) is 7.97. The molecule has 0 aromatic rings. The van der Waals surface area contributed by atoms with Gasteiger partial charge in [0.2, 0.25) is 0 Å². The van der Waals surface area contributed by atoms with Crippen LogP contribution in [0.4, 0.5) is 0 Å². The predicted molar refractivity (Wildman–Crippen MR) is 80.9 cm³/mol. The van der Waals surface area contributed by atoms with E-state index in [1.54, 1.807) is 5.57 Å². The Morgan fingerprint density at radius 3 is 2.58 bits per heavy atom. The Morgan fingerprint density at radius 1 is 1.05 bits per heavy atom. The van der Waals surface area contributed by atoms with Gasteiger partial charge in [-0.3, -0.25) is 0 Å².